The standard InChI is InChI=1S/C35H58N4O14.Gd/c1-3-48-13-15-50-17-19-52-29-21-28(22-30(24-29)53-20-18-51-16-14-49-4-2)23-31(35(46)47)39-11-9-37(26-33(42)43)7-5-36(25-32(40)41)6-8-38(10-12-39)27-34(44)45;/h21-22,24,31H,3-20,23,25-27H2,1-2H3,(H,40,41)(H,42,43)(H,44,45)(H,46,47);/q;+3/p-3. The van der Waals surface area contributed by atoms with Gasteiger partial charge in [-0.1, -0.05) is 0 Å². The molecule has 0 aliphatic carbocycles. The molecule has 1 aromatic carbocycles. The smallest absolute Gasteiger partial charge is 0.549 e. The van der Waals surface area contributed by atoms with Crippen LogP contribution in [0.5, 0.6) is 11.5 Å². The van der Waals surface area contributed by atoms with Gasteiger partial charge in [0.05, 0.1) is 57.5 Å². The summed E-state index contributed by atoms with van der Waals surface area (Å²) in [6.07, 6.45) is -0.00102. The number of carbonyl (C=O) groups excluding carboxylic acids is 3. The molecule has 0 saturated carbocycles. The predicted molar refractivity (Wildman–Crippen MR) is 183 cm³/mol. The van der Waals surface area contributed by atoms with Gasteiger partial charge >= 0.3 is 45.9 Å². The van der Waals surface area contributed by atoms with Crippen molar-refractivity contribution in [1.82, 2.24) is 19.6 Å². The molecule has 0 aromatic heterocycles. The first kappa shape index (κ1) is 49.7. The molecule has 0 amide bonds. The van der Waals surface area contributed by atoms with Crippen molar-refractivity contribution in [3.8, 4) is 11.5 Å². The molecule has 1 N–H and O–H groups in total. The third-order valence-corrected chi connectivity index (χ3v) is 8.17. The van der Waals surface area contributed by atoms with Crippen LogP contribution in [0, 0.1) is 39.9 Å². The number of carbonyl (C=O) groups is 4. The van der Waals surface area contributed by atoms with E-state index in [2.05, 4.69) is 0 Å². The van der Waals surface area contributed by atoms with Gasteiger partial charge in [-0.25, -0.2) is 0 Å². The van der Waals surface area contributed by atoms with Gasteiger partial charge in [-0.2, -0.15) is 0 Å². The summed E-state index contributed by atoms with van der Waals surface area (Å²) < 4.78 is 33.5. The average molecular weight is 913 g/mol. The van der Waals surface area contributed by atoms with Gasteiger partial charge in [-0.15, -0.1) is 0 Å². The molecule has 2 rings (SSSR count). The monoisotopic (exact) mass is 913 g/mol. The van der Waals surface area contributed by atoms with E-state index >= 15 is 0 Å². The number of rotatable bonds is 26. The van der Waals surface area contributed by atoms with E-state index in [1.54, 1.807) is 32.9 Å². The van der Waals surface area contributed by atoms with Crippen LogP contribution in [0.1, 0.15) is 19.4 Å². The fourth-order valence-electron chi connectivity index (χ4n) is 5.56. The third kappa shape index (κ3) is 22.9. The maximum absolute atomic E-state index is 12.9. The minimum Gasteiger partial charge on any atom is -0.549 e. The van der Waals surface area contributed by atoms with Crippen molar-refractivity contribution in [2.24, 2.45) is 0 Å². The van der Waals surface area contributed by atoms with E-state index in [1.165, 1.54) is 4.90 Å². The van der Waals surface area contributed by atoms with Crippen LogP contribution < -0.4 is 24.8 Å². The molecule has 307 valence electrons. The molecule has 1 aliphatic rings. The Morgan fingerprint density at radius 2 is 0.944 bits per heavy atom. The number of carboxylic acid groups (broad SMARTS) is 4. The van der Waals surface area contributed by atoms with Crippen LogP contribution in [0.2, 0.25) is 0 Å². The molecule has 1 fully saturated rings. The molecular weight excluding hydrogens is 858 g/mol. The average Bonchev–Trinajstić information content (AvgIpc) is 3.09. The first-order chi connectivity index (χ1) is 25.5. The second kappa shape index (κ2) is 29.9. The van der Waals surface area contributed by atoms with Gasteiger partial charge < -0.3 is 63.2 Å². The van der Waals surface area contributed by atoms with E-state index in [4.69, 9.17) is 28.4 Å². The number of aliphatic carboxylic acids is 4. The summed E-state index contributed by atoms with van der Waals surface area (Å²) in [6, 6.07) is 4.01. The number of ether oxygens (including phenoxy) is 6. The third-order valence-electron chi connectivity index (χ3n) is 8.17. The number of carboxylic acids is 4. The Morgan fingerprint density at radius 1 is 0.593 bits per heavy atom. The Kier molecular flexibility index (Phi) is 27.6. The van der Waals surface area contributed by atoms with Gasteiger partial charge in [0.1, 0.15) is 30.8 Å². The molecule has 54 heavy (non-hydrogen) atoms. The van der Waals surface area contributed by atoms with Gasteiger partial charge in [0, 0.05) is 91.3 Å². The molecular formula is C35H55GdN4O14. The van der Waals surface area contributed by atoms with Gasteiger partial charge in [0.25, 0.3) is 0 Å². The Labute approximate surface area is 349 Å². The zero-order valence-corrected chi connectivity index (χ0v) is 33.5. The van der Waals surface area contributed by atoms with Crippen molar-refractivity contribution in [1.29, 1.82) is 0 Å². The molecule has 19 heteroatoms. The Hall–Kier alpha value is -2.30. The van der Waals surface area contributed by atoms with Crippen LogP contribution in [0.4, 0.5) is 0 Å². The van der Waals surface area contributed by atoms with Crippen LogP contribution in [0.3, 0.4) is 0 Å². The zero-order chi connectivity index (χ0) is 38.8. The van der Waals surface area contributed by atoms with E-state index in [-0.39, 0.29) is 112 Å². The van der Waals surface area contributed by atoms with Crippen molar-refractivity contribution in [3.63, 3.8) is 0 Å². The van der Waals surface area contributed by atoms with Crippen molar-refractivity contribution in [2.75, 3.05) is 138 Å². The molecule has 18 nitrogen and oxygen atoms in total. The molecule has 1 aromatic rings. The summed E-state index contributed by atoms with van der Waals surface area (Å²) in [7, 11) is 0. The first-order valence-electron chi connectivity index (χ1n) is 17.9. The fraction of sp³-hybridized carbons (Fsp3) is 0.714. The summed E-state index contributed by atoms with van der Waals surface area (Å²) in [5, 5.41) is 45.1. The molecule has 1 atom stereocenters. The number of nitrogens with zero attached hydrogens (tertiary/aromatic N) is 4. The SMILES string of the molecule is CCOCCOCCOc1cc(CC(C(=O)O)N2CCN(CC(=O)[O-])CCN(CC(=O)[O-])CCN(CC(=O)[O-])CC2)cc(OCCOCCOCC)c1.[Gd+3]. The van der Waals surface area contributed by atoms with Gasteiger partial charge in [-0.05, 0) is 38.0 Å². The molecule has 0 spiro atoms. The number of benzene rings is 1. The van der Waals surface area contributed by atoms with Gasteiger partial charge in [0.15, 0.2) is 0 Å². The summed E-state index contributed by atoms with van der Waals surface area (Å²) in [5.41, 5.74) is 0.585. The molecule has 1 heterocycles. The van der Waals surface area contributed by atoms with Crippen molar-refractivity contribution >= 4 is 23.9 Å². The summed E-state index contributed by atoms with van der Waals surface area (Å²) in [5.74, 6) is -4.29. The minimum absolute atomic E-state index is 0. The maximum Gasteiger partial charge on any atom is 3.00 e. The fourth-order valence-corrected chi connectivity index (χ4v) is 5.56. The van der Waals surface area contributed by atoms with Gasteiger partial charge in [0.2, 0.25) is 0 Å². The second-order valence-electron chi connectivity index (χ2n) is 12.2. The van der Waals surface area contributed by atoms with Crippen molar-refractivity contribution in [2.45, 2.75) is 26.3 Å². The topological polar surface area (TPSA) is 226 Å². The normalized spacial score (nSPS) is 16.0. The Bertz CT molecular complexity index is 1160. The number of hydrogen-bond donors (Lipinski definition) is 1. The summed E-state index contributed by atoms with van der Waals surface area (Å²) in [6.45, 7) is 7.37. The van der Waals surface area contributed by atoms with Crippen molar-refractivity contribution < 1.29 is 108 Å². The van der Waals surface area contributed by atoms with Crippen molar-refractivity contribution in [3.05, 3.63) is 23.8 Å². The zero-order valence-electron chi connectivity index (χ0n) is 31.3. The molecule has 1 saturated heterocycles. The van der Waals surface area contributed by atoms with Crippen LogP contribution in [-0.2, 0) is 44.5 Å². The van der Waals surface area contributed by atoms with E-state index in [0.29, 0.717) is 69.9 Å². The van der Waals surface area contributed by atoms with Crippen LogP contribution in [-0.4, -0.2) is 193 Å². The van der Waals surface area contributed by atoms with E-state index < -0.39 is 49.6 Å². The van der Waals surface area contributed by atoms with Crippen LogP contribution in [0.25, 0.3) is 0 Å². The summed E-state index contributed by atoms with van der Waals surface area (Å²) >= 11 is 0. The van der Waals surface area contributed by atoms with E-state index in [9.17, 15) is 39.6 Å². The number of hydrogen-bond acceptors (Lipinski definition) is 17. The van der Waals surface area contributed by atoms with Crippen LogP contribution in [0.15, 0.2) is 18.2 Å². The molecule has 1 radical (unpaired) electrons. The van der Waals surface area contributed by atoms with E-state index in [1.807, 2.05) is 13.8 Å². The van der Waals surface area contributed by atoms with Gasteiger partial charge in [-0.3, -0.25) is 24.4 Å². The molecule has 1 aliphatic heterocycles. The quantitative estimate of drug-likeness (QED) is 0.0875. The minimum atomic E-state index is -1.34. The van der Waals surface area contributed by atoms with Crippen LogP contribution >= 0.6 is 0 Å². The molecule has 1 unspecified atom stereocenters. The Balaban J connectivity index is 0.0000146. The largest absolute Gasteiger partial charge is 3.00 e. The Morgan fingerprint density at radius 3 is 1.30 bits per heavy atom. The first-order valence-corrected chi connectivity index (χ1v) is 17.9. The van der Waals surface area contributed by atoms with E-state index in [0.717, 1.165) is 0 Å². The second-order valence-corrected chi connectivity index (χ2v) is 12.2. The molecule has 0 bridgehead atoms. The summed E-state index contributed by atoms with van der Waals surface area (Å²) in [4.78, 5) is 53.7. The predicted octanol–water partition coefficient (Wildman–Crippen LogP) is -3.98. The maximum atomic E-state index is 12.9.